The summed E-state index contributed by atoms with van der Waals surface area (Å²) in [6.45, 7) is 4.79. The number of carbonyl (C=O) groups excluding carboxylic acids is 1. The minimum absolute atomic E-state index is 0.0369. The van der Waals surface area contributed by atoms with Crippen LogP contribution in [0.1, 0.15) is 22.3 Å². The molecule has 0 radical (unpaired) electrons. The Labute approximate surface area is 128 Å². The summed E-state index contributed by atoms with van der Waals surface area (Å²) in [5.41, 5.74) is 3.15. The van der Waals surface area contributed by atoms with E-state index in [0.717, 1.165) is 29.3 Å². The highest BCUT2D eigenvalue weighted by molar-refractivity contribution is 7.99. The second-order valence-corrected chi connectivity index (χ2v) is 6.30. The number of hydrogen-bond donors (Lipinski definition) is 1. The number of hydrogen-bond acceptors (Lipinski definition) is 3. The molecule has 1 fully saturated rings. The molecule has 1 aromatic carbocycles. The number of nitrogens with one attached hydrogen (secondary N) is 1. The zero-order valence-corrected chi connectivity index (χ0v) is 12.9. The van der Waals surface area contributed by atoms with Crippen molar-refractivity contribution in [1.29, 1.82) is 0 Å². The van der Waals surface area contributed by atoms with Crippen molar-refractivity contribution in [2.45, 2.75) is 19.2 Å². The zero-order chi connectivity index (χ0) is 14.8. The van der Waals surface area contributed by atoms with Gasteiger partial charge in [0, 0.05) is 18.0 Å². The third-order valence-electron chi connectivity index (χ3n) is 3.78. The molecule has 110 valence electrons. The first-order chi connectivity index (χ1) is 10.2. The van der Waals surface area contributed by atoms with E-state index in [-0.39, 0.29) is 11.4 Å². The Morgan fingerprint density at radius 3 is 2.95 bits per heavy atom. The molecule has 2 aromatic rings. The minimum Gasteiger partial charge on any atom is -0.466 e. The Bertz CT molecular complexity index is 640. The monoisotopic (exact) mass is 302 g/mol. The summed E-state index contributed by atoms with van der Waals surface area (Å²) >= 11 is 1.73. The molecule has 2 amide bonds. The first-order valence-corrected chi connectivity index (χ1v) is 8.00. The molecule has 1 aliphatic heterocycles. The Hall–Kier alpha value is -1.88. The average Bonchev–Trinajstić information content (AvgIpc) is 3.13. The largest absolute Gasteiger partial charge is 0.466 e. The average molecular weight is 302 g/mol. The van der Waals surface area contributed by atoms with E-state index in [1.807, 2.05) is 49.1 Å². The number of amides is 2. The molecule has 0 unspecified atom stereocenters. The quantitative estimate of drug-likeness (QED) is 0.905. The number of anilines is 1. The summed E-state index contributed by atoms with van der Waals surface area (Å²) in [6, 6.07) is 9.64. The number of carbonyl (C=O) groups is 1. The summed E-state index contributed by atoms with van der Waals surface area (Å²) in [6.07, 6.45) is 1.65. The topological polar surface area (TPSA) is 45.5 Å². The van der Waals surface area contributed by atoms with Crippen LogP contribution in [0.25, 0.3) is 0 Å². The minimum atomic E-state index is -0.0740. The van der Waals surface area contributed by atoms with Gasteiger partial charge in [0.2, 0.25) is 0 Å². The Balaban J connectivity index is 1.77. The van der Waals surface area contributed by atoms with Crippen LogP contribution in [0, 0.1) is 13.8 Å². The molecule has 1 aromatic heterocycles. The molecule has 5 heteroatoms. The van der Waals surface area contributed by atoms with Gasteiger partial charge in [0.1, 0.15) is 11.1 Å². The van der Waals surface area contributed by atoms with Gasteiger partial charge in [-0.05, 0) is 43.2 Å². The molecule has 1 atom stereocenters. The van der Waals surface area contributed by atoms with Crippen LogP contribution in [-0.4, -0.2) is 23.2 Å². The van der Waals surface area contributed by atoms with Crippen LogP contribution in [0.5, 0.6) is 0 Å². The summed E-state index contributed by atoms with van der Waals surface area (Å²) in [7, 11) is 0. The molecule has 1 N–H and O–H groups in total. The lowest BCUT2D eigenvalue weighted by Crippen LogP contribution is -2.34. The fourth-order valence-electron chi connectivity index (χ4n) is 2.42. The van der Waals surface area contributed by atoms with Gasteiger partial charge in [0.05, 0.1) is 6.26 Å². The van der Waals surface area contributed by atoms with Gasteiger partial charge in [0.25, 0.3) is 0 Å². The summed E-state index contributed by atoms with van der Waals surface area (Å²) in [4.78, 5) is 14.4. The molecule has 1 aliphatic rings. The molecular weight excluding hydrogens is 284 g/mol. The Morgan fingerprint density at radius 1 is 1.33 bits per heavy atom. The molecule has 21 heavy (non-hydrogen) atoms. The van der Waals surface area contributed by atoms with Crippen molar-refractivity contribution in [3.63, 3.8) is 0 Å². The maximum Gasteiger partial charge on any atom is 0.323 e. The number of aryl methyl sites for hydroxylation is 1. The number of furan rings is 1. The van der Waals surface area contributed by atoms with Crippen molar-refractivity contribution in [3.8, 4) is 0 Å². The van der Waals surface area contributed by atoms with Crippen LogP contribution in [0.3, 0.4) is 0 Å². The van der Waals surface area contributed by atoms with Crippen LogP contribution in [0.2, 0.25) is 0 Å². The van der Waals surface area contributed by atoms with Crippen LogP contribution in [-0.2, 0) is 0 Å². The van der Waals surface area contributed by atoms with Gasteiger partial charge in [-0.3, -0.25) is 0 Å². The first kappa shape index (κ1) is 14.1. The third kappa shape index (κ3) is 2.78. The van der Waals surface area contributed by atoms with E-state index >= 15 is 0 Å². The van der Waals surface area contributed by atoms with Gasteiger partial charge in [0.15, 0.2) is 0 Å². The van der Waals surface area contributed by atoms with E-state index in [2.05, 4.69) is 5.32 Å². The smallest absolute Gasteiger partial charge is 0.323 e. The lowest BCUT2D eigenvalue weighted by Gasteiger charge is -2.23. The van der Waals surface area contributed by atoms with Crippen molar-refractivity contribution in [2.75, 3.05) is 17.6 Å². The van der Waals surface area contributed by atoms with Crippen LogP contribution >= 0.6 is 11.8 Å². The SMILES string of the molecule is Cc1cccc(NC(=O)N2CCS[C@H]2c2ccco2)c1C. The van der Waals surface area contributed by atoms with Crippen LogP contribution in [0.4, 0.5) is 10.5 Å². The van der Waals surface area contributed by atoms with E-state index in [1.165, 1.54) is 5.56 Å². The number of benzene rings is 1. The second kappa shape index (κ2) is 5.85. The molecule has 2 heterocycles. The lowest BCUT2D eigenvalue weighted by atomic mass is 10.1. The third-order valence-corrected chi connectivity index (χ3v) is 5.01. The van der Waals surface area contributed by atoms with Crippen molar-refractivity contribution < 1.29 is 9.21 Å². The molecular formula is C16H18N2O2S. The Morgan fingerprint density at radius 2 is 2.19 bits per heavy atom. The molecule has 1 saturated heterocycles. The van der Waals surface area contributed by atoms with Gasteiger partial charge in [-0.15, -0.1) is 11.8 Å². The second-order valence-electron chi connectivity index (χ2n) is 5.11. The van der Waals surface area contributed by atoms with Gasteiger partial charge in [-0.25, -0.2) is 4.79 Å². The normalized spacial score (nSPS) is 18.0. The molecule has 0 aliphatic carbocycles. The fraction of sp³-hybridized carbons (Fsp3) is 0.312. The van der Waals surface area contributed by atoms with E-state index in [1.54, 1.807) is 18.0 Å². The zero-order valence-electron chi connectivity index (χ0n) is 12.1. The molecule has 4 nitrogen and oxygen atoms in total. The summed E-state index contributed by atoms with van der Waals surface area (Å²) in [5.74, 6) is 1.75. The summed E-state index contributed by atoms with van der Waals surface area (Å²) in [5, 5.41) is 2.98. The number of rotatable bonds is 2. The van der Waals surface area contributed by atoms with Crippen LogP contribution < -0.4 is 5.32 Å². The highest BCUT2D eigenvalue weighted by Gasteiger charge is 2.32. The standard InChI is InChI=1S/C16H18N2O2S/c1-11-5-3-6-13(12(11)2)17-16(19)18-8-10-21-15(18)14-7-4-9-20-14/h3-7,9,15H,8,10H2,1-2H3,(H,17,19)/t15-/m0/s1. The number of thioether (sulfide) groups is 1. The van der Waals surface area contributed by atoms with Crippen molar-refractivity contribution in [3.05, 3.63) is 53.5 Å². The predicted octanol–water partition coefficient (Wildman–Crippen LogP) is 4.18. The summed E-state index contributed by atoms with van der Waals surface area (Å²) < 4.78 is 5.45. The van der Waals surface area contributed by atoms with E-state index in [0.29, 0.717) is 0 Å². The Kier molecular flexibility index (Phi) is 3.92. The van der Waals surface area contributed by atoms with Crippen molar-refractivity contribution in [2.24, 2.45) is 0 Å². The van der Waals surface area contributed by atoms with Gasteiger partial charge < -0.3 is 14.6 Å². The van der Waals surface area contributed by atoms with Crippen molar-refractivity contribution in [1.82, 2.24) is 4.90 Å². The molecule has 0 bridgehead atoms. The molecule has 3 rings (SSSR count). The van der Waals surface area contributed by atoms with E-state index in [9.17, 15) is 4.79 Å². The fourth-order valence-corrected chi connectivity index (χ4v) is 3.62. The highest BCUT2D eigenvalue weighted by Crippen LogP contribution is 2.38. The molecule has 0 saturated carbocycles. The van der Waals surface area contributed by atoms with Crippen LogP contribution in [0.15, 0.2) is 41.0 Å². The predicted molar refractivity (Wildman–Crippen MR) is 85.5 cm³/mol. The number of nitrogens with zero attached hydrogens (tertiary/aromatic N) is 1. The maximum atomic E-state index is 12.5. The van der Waals surface area contributed by atoms with E-state index in [4.69, 9.17) is 4.42 Å². The van der Waals surface area contributed by atoms with E-state index < -0.39 is 0 Å². The maximum absolute atomic E-state index is 12.5. The highest BCUT2D eigenvalue weighted by atomic mass is 32.2. The van der Waals surface area contributed by atoms with Gasteiger partial charge in [-0.2, -0.15) is 0 Å². The van der Waals surface area contributed by atoms with Gasteiger partial charge >= 0.3 is 6.03 Å². The lowest BCUT2D eigenvalue weighted by molar-refractivity contribution is 0.209. The molecule has 0 spiro atoms. The first-order valence-electron chi connectivity index (χ1n) is 6.95. The van der Waals surface area contributed by atoms with Crippen molar-refractivity contribution >= 4 is 23.5 Å². The van der Waals surface area contributed by atoms with Gasteiger partial charge in [-0.1, -0.05) is 12.1 Å². The number of urea groups is 1.